The number of piperidine rings is 1. The minimum atomic E-state index is -0.360. The van der Waals surface area contributed by atoms with Gasteiger partial charge in [0.15, 0.2) is 0 Å². The maximum atomic E-state index is 11.8. The number of anilines is 1. The van der Waals surface area contributed by atoms with Gasteiger partial charge in [-0.2, -0.15) is 0 Å². The van der Waals surface area contributed by atoms with Crippen molar-refractivity contribution in [2.75, 3.05) is 24.6 Å². The molecule has 1 atom stereocenters. The topological polar surface area (TPSA) is 62.7 Å². The van der Waals surface area contributed by atoms with E-state index in [-0.39, 0.29) is 12.1 Å². The summed E-state index contributed by atoms with van der Waals surface area (Å²) < 4.78 is 5.02. The smallest absolute Gasteiger partial charge is 0.341 e. The summed E-state index contributed by atoms with van der Waals surface area (Å²) in [6.07, 6.45) is 3.01. The lowest BCUT2D eigenvalue weighted by Gasteiger charge is -2.31. The average Bonchev–Trinajstić information content (AvgIpc) is 2.39. The highest BCUT2D eigenvalue weighted by atomic mass is 16.5. The highest BCUT2D eigenvalue weighted by Gasteiger charge is 2.23. The van der Waals surface area contributed by atoms with Gasteiger partial charge in [0.25, 0.3) is 0 Å². The predicted molar refractivity (Wildman–Crippen MR) is 67.6 cm³/mol. The lowest BCUT2D eigenvalue weighted by molar-refractivity contribution is 0.0526. The van der Waals surface area contributed by atoms with Crippen LogP contribution in [0.2, 0.25) is 0 Å². The van der Waals surface area contributed by atoms with Crippen LogP contribution in [-0.4, -0.2) is 41.9 Å². The van der Waals surface area contributed by atoms with Gasteiger partial charge in [-0.3, -0.25) is 0 Å². The fourth-order valence-electron chi connectivity index (χ4n) is 2.16. The number of esters is 1. The minimum absolute atomic E-state index is 0.343. The number of aromatic nitrogens is 1. The molecule has 98 valence electrons. The van der Waals surface area contributed by atoms with Crippen LogP contribution in [0.25, 0.3) is 0 Å². The quantitative estimate of drug-likeness (QED) is 0.817. The Balaban J connectivity index is 2.23. The number of β-amino-alcohol motifs (C(OH)–C–C–N with tert-alkyl or cyclic N) is 1. The van der Waals surface area contributed by atoms with E-state index in [4.69, 9.17) is 4.74 Å². The number of pyridine rings is 1. The molecule has 0 amide bonds. The molecule has 1 N–H and O–H groups in total. The predicted octanol–water partition coefficient (Wildman–Crippen LogP) is 1.22. The maximum absolute atomic E-state index is 11.8. The van der Waals surface area contributed by atoms with Crippen LogP contribution in [-0.2, 0) is 4.74 Å². The van der Waals surface area contributed by atoms with Gasteiger partial charge in [-0.05, 0) is 31.9 Å². The second-order valence-electron chi connectivity index (χ2n) is 4.34. The zero-order valence-corrected chi connectivity index (χ0v) is 10.5. The van der Waals surface area contributed by atoms with E-state index in [1.165, 1.54) is 0 Å². The Kier molecular flexibility index (Phi) is 4.15. The first-order valence-electron chi connectivity index (χ1n) is 6.27. The molecule has 0 aliphatic carbocycles. The molecule has 1 saturated heterocycles. The summed E-state index contributed by atoms with van der Waals surface area (Å²) in [4.78, 5) is 18.0. The van der Waals surface area contributed by atoms with Crippen molar-refractivity contribution >= 4 is 11.8 Å². The van der Waals surface area contributed by atoms with Crippen LogP contribution >= 0.6 is 0 Å². The third-order valence-corrected chi connectivity index (χ3v) is 2.98. The summed E-state index contributed by atoms with van der Waals surface area (Å²) in [5.74, 6) is 0.246. The molecule has 0 bridgehead atoms. The van der Waals surface area contributed by atoms with Gasteiger partial charge in [0.05, 0.1) is 12.7 Å². The molecule has 18 heavy (non-hydrogen) atoms. The third kappa shape index (κ3) is 2.79. The number of carbonyl (C=O) groups is 1. The number of ether oxygens (including phenoxy) is 1. The lowest BCUT2D eigenvalue weighted by Crippen LogP contribution is -2.39. The summed E-state index contributed by atoms with van der Waals surface area (Å²) in [5, 5.41) is 9.69. The van der Waals surface area contributed by atoms with E-state index in [1.807, 2.05) is 4.90 Å². The van der Waals surface area contributed by atoms with E-state index in [2.05, 4.69) is 4.98 Å². The molecule has 2 heterocycles. The maximum Gasteiger partial charge on any atom is 0.341 e. The second kappa shape index (κ2) is 5.82. The molecule has 0 aromatic carbocycles. The summed E-state index contributed by atoms with van der Waals surface area (Å²) in [5.41, 5.74) is 0.466. The molecule has 1 fully saturated rings. The van der Waals surface area contributed by atoms with Gasteiger partial charge >= 0.3 is 5.97 Å². The molecule has 0 spiro atoms. The fourth-order valence-corrected chi connectivity index (χ4v) is 2.16. The van der Waals surface area contributed by atoms with Crippen LogP contribution in [0, 0.1) is 0 Å². The van der Waals surface area contributed by atoms with Crippen LogP contribution in [0.3, 0.4) is 0 Å². The minimum Gasteiger partial charge on any atom is -0.462 e. The Morgan fingerprint density at radius 3 is 3.22 bits per heavy atom. The molecule has 2 rings (SSSR count). The highest BCUT2D eigenvalue weighted by molar-refractivity contribution is 5.94. The van der Waals surface area contributed by atoms with Crippen molar-refractivity contribution in [1.82, 2.24) is 4.98 Å². The first-order valence-corrected chi connectivity index (χ1v) is 6.27. The molecule has 0 radical (unpaired) electrons. The molecular weight excluding hydrogens is 232 g/mol. The third-order valence-electron chi connectivity index (χ3n) is 2.98. The molecule has 5 heteroatoms. The van der Waals surface area contributed by atoms with Crippen molar-refractivity contribution < 1.29 is 14.6 Å². The molecule has 1 aromatic rings. The molecule has 1 aliphatic rings. The van der Waals surface area contributed by atoms with E-state index in [1.54, 1.807) is 25.3 Å². The van der Waals surface area contributed by atoms with E-state index >= 15 is 0 Å². The molecule has 0 saturated carbocycles. The first-order chi connectivity index (χ1) is 8.72. The van der Waals surface area contributed by atoms with Crippen LogP contribution in [0.15, 0.2) is 18.3 Å². The van der Waals surface area contributed by atoms with Crippen molar-refractivity contribution in [1.29, 1.82) is 0 Å². The first kappa shape index (κ1) is 12.8. The average molecular weight is 250 g/mol. The molecule has 1 aromatic heterocycles. The number of rotatable bonds is 3. The van der Waals surface area contributed by atoms with Crippen molar-refractivity contribution in [3.63, 3.8) is 0 Å². The Hall–Kier alpha value is -1.62. The Labute approximate surface area is 106 Å². The van der Waals surface area contributed by atoms with Crippen LogP contribution in [0.5, 0.6) is 0 Å². The van der Waals surface area contributed by atoms with Crippen molar-refractivity contribution in [3.8, 4) is 0 Å². The highest BCUT2D eigenvalue weighted by Crippen LogP contribution is 2.22. The zero-order valence-electron chi connectivity index (χ0n) is 10.5. The van der Waals surface area contributed by atoms with Crippen molar-refractivity contribution in [2.45, 2.75) is 25.9 Å². The Morgan fingerprint density at radius 2 is 2.50 bits per heavy atom. The summed E-state index contributed by atoms with van der Waals surface area (Å²) >= 11 is 0. The van der Waals surface area contributed by atoms with E-state index in [0.29, 0.717) is 24.5 Å². The van der Waals surface area contributed by atoms with Crippen LogP contribution < -0.4 is 4.90 Å². The number of carbonyl (C=O) groups excluding carboxylic acids is 1. The van der Waals surface area contributed by atoms with Gasteiger partial charge in [-0.25, -0.2) is 9.78 Å². The standard InChI is InChI=1S/C13H18N2O3/c1-2-18-13(17)11-6-3-7-14-12(11)15-8-4-5-10(16)9-15/h3,6-7,10,16H,2,4-5,8-9H2,1H3. The van der Waals surface area contributed by atoms with Gasteiger partial charge < -0.3 is 14.7 Å². The lowest BCUT2D eigenvalue weighted by atomic mass is 10.1. The Morgan fingerprint density at radius 1 is 1.67 bits per heavy atom. The number of hydrogen-bond donors (Lipinski definition) is 1. The van der Waals surface area contributed by atoms with Crippen molar-refractivity contribution in [3.05, 3.63) is 23.9 Å². The number of hydrogen-bond acceptors (Lipinski definition) is 5. The zero-order chi connectivity index (χ0) is 13.0. The van der Waals surface area contributed by atoms with Gasteiger partial charge in [0, 0.05) is 19.3 Å². The van der Waals surface area contributed by atoms with Gasteiger partial charge in [0.1, 0.15) is 11.4 Å². The second-order valence-corrected chi connectivity index (χ2v) is 4.34. The van der Waals surface area contributed by atoms with E-state index in [0.717, 1.165) is 19.4 Å². The van der Waals surface area contributed by atoms with Crippen molar-refractivity contribution in [2.24, 2.45) is 0 Å². The number of nitrogens with zero attached hydrogens (tertiary/aromatic N) is 2. The van der Waals surface area contributed by atoms with E-state index < -0.39 is 0 Å². The summed E-state index contributed by atoms with van der Waals surface area (Å²) in [6, 6.07) is 3.43. The normalized spacial score (nSPS) is 19.7. The van der Waals surface area contributed by atoms with Crippen LogP contribution in [0.4, 0.5) is 5.82 Å². The summed E-state index contributed by atoms with van der Waals surface area (Å²) in [6.45, 7) is 3.44. The molecular formula is C13H18N2O3. The SMILES string of the molecule is CCOC(=O)c1cccnc1N1CCCC(O)C1. The monoisotopic (exact) mass is 250 g/mol. The largest absolute Gasteiger partial charge is 0.462 e. The van der Waals surface area contributed by atoms with Gasteiger partial charge in [0.2, 0.25) is 0 Å². The molecule has 1 unspecified atom stereocenters. The molecule has 5 nitrogen and oxygen atoms in total. The summed E-state index contributed by atoms with van der Waals surface area (Å²) in [7, 11) is 0. The Bertz CT molecular complexity index is 422. The van der Waals surface area contributed by atoms with E-state index in [9.17, 15) is 9.90 Å². The number of aliphatic hydroxyl groups is 1. The molecule has 1 aliphatic heterocycles. The van der Waals surface area contributed by atoms with Crippen LogP contribution in [0.1, 0.15) is 30.1 Å². The van der Waals surface area contributed by atoms with Gasteiger partial charge in [-0.1, -0.05) is 0 Å². The fraction of sp³-hybridized carbons (Fsp3) is 0.538. The van der Waals surface area contributed by atoms with Gasteiger partial charge in [-0.15, -0.1) is 0 Å². The number of aliphatic hydroxyl groups excluding tert-OH is 1.